The molecule has 1 saturated heterocycles. The summed E-state index contributed by atoms with van der Waals surface area (Å²) in [7, 11) is 1.64. The van der Waals surface area contributed by atoms with E-state index in [-0.39, 0.29) is 18.4 Å². The number of hydrogen-bond acceptors (Lipinski definition) is 7. The number of nitrogens with zero attached hydrogens (tertiary/aromatic N) is 4. The molecule has 0 spiro atoms. The van der Waals surface area contributed by atoms with Crippen LogP contribution < -0.4 is 4.74 Å². The topological polar surface area (TPSA) is 113 Å². The molecule has 1 fully saturated rings. The van der Waals surface area contributed by atoms with Gasteiger partial charge in [0.15, 0.2) is 0 Å². The molecule has 2 N–H and O–H groups in total. The number of aliphatic hydroxyl groups is 1. The summed E-state index contributed by atoms with van der Waals surface area (Å²) in [4.78, 5) is 30.5. The smallest absolute Gasteiger partial charge is 0.219 e. The van der Waals surface area contributed by atoms with Crippen LogP contribution in [0, 0.1) is 0 Å². The molecule has 4 aromatic rings. The summed E-state index contributed by atoms with van der Waals surface area (Å²) in [6.45, 7) is 3.22. The van der Waals surface area contributed by atoms with E-state index in [2.05, 4.69) is 15.0 Å². The minimum Gasteiger partial charge on any atom is -0.455 e. The molecular weight excluding hydrogens is 446 g/mol. The first kappa shape index (κ1) is 22.9. The number of benzene rings is 1. The number of carbonyl (C=O) groups excluding carboxylic acids is 1. The van der Waals surface area contributed by atoms with Crippen LogP contribution in [0.25, 0.3) is 22.3 Å². The molecular formula is C26H27N5O4. The second kappa shape index (κ2) is 9.81. The molecule has 0 saturated carbocycles. The SMILES string of the molecule is COCc1ccc(Oc2ccc3[nH]c(-c4cnc(CO)cn4)cc3c2)c(C2CCN(C(C)=O)C2)n1. The van der Waals surface area contributed by atoms with Crippen LogP contribution in [0.2, 0.25) is 0 Å². The molecule has 35 heavy (non-hydrogen) atoms. The number of hydrogen-bond donors (Lipinski definition) is 2. The fourth-order valence-corrected chi connectivity index (χ4v) is 4.40. The first-order valence-electron chi connectivity index (χ1n) is 11.5. The number of amides is 1. The minimum absolute atomic E-state index is 0.0763. The number of likely N-dealkylation sites (tertiary alicyclic amines) is 1. The maximum atomic E-state index is 11.9. The number of aromatic nitrogens is 4. The second-order valence-corrected chi connectivity index (χ2v) is 8.65. The quantitative estimate of drug-likeness (QED) is 0.420. The summed E-state index contributed by atoms with van der Waals surface area (Å²) in [5.41, 5.74) is 4.66. The lowest BCUT2D eigenvalue weighted by Crippen LogP contribution is -2.25. The van der Waals surface area contributed by atoms with E-state index in [1.807, 2.05) is 41.3 Å². The molecule has 180 valence electrons. The number of carbonyl (C=O) groups is 1. The number of aliphatic hydroxyl groups excluding tert-OH is 1. The van der Waals surface area contributed by atoms with Gasteiger partial charge in [0.05, 0.1) is 48.4 Å². The van der Waals surface area contributed by atoms with Crippen molar-refractivity contribution in [3.05, 3.63) is 65.9 Å². The number of aromatic amines is 1. The lowest BCUT2D eigenvalue weighted by atomic mass is 10.0. The van der Waals surface area contributed by atoms with Crippen LogP contribution in [0.15, 0.2) is 48.8 Å². The Kier molecular flexibility index (Phi) is 6.43. The lowest BCUT2D eigenvalue weighted by molar-refractivity contribution is -0.127. The van der Waals surface area contributed by atoms with Crippen molar-refractivity contribution in [3.8, 4) is 22.9 Å². The average molecular weight is 474 g/mol. The van der Waals surface area contributed by atoms with Gasteiger partial charge in [-0.05, 0) is 42.8 Å². The third kappa shape index (κ3) is 4.87. The zero-order chi connectivity index (χ0) is 24.4. The number of nitrogens with one attached hydrogen (secondary N) is 1. The summed E-state index contributed by atoms with van der Waals surface area (Å²) in [5.74, 6) is 1.55. The molecule has 0 radical (unpaired) electrons. The highest BCUT2D eigenvalue weighted by atomic mass is 16.5. The lowest BCUT2D eigenvalue weighted by Gasteiger charge is -2.17. The molecule has 4 heterocycles. The van der Waals surface area contributed by atoms with E-state index in [0.717, 1.165) is 41.0 Å². The van der Waals surface area contributed by atoms with E-state index in [1.165, 1.54) is 0 Å². The predicted octanol–water partition coefficient (Wildman–Crippen LogP) is 3.79. The number of H-pyrrole nitrogens is 1. The van der Waals surface area contributed by atoms with Gasteiger partial charge < -0.3 is 24.5 Å². The van der Waals surface area contributed by atoms with Crippen molar-refractivity contribution in [3.63, 3.8) is 0 Å². The molecule has 0 bridgehead atoms. The van der Waals surface area contributed by atoms with Gasteiger partial charge in [-0.15, -0.1) is 0 Å². The van der Waals surface area contributed by atoms with Crippen LogP contribution in [0.1, 0.15) is 36.3 Å². The Balaban J connectivity index is 1.43. The van der Waals surface area contributed by atoms with Gasteiger partial charge in [0.2, 0.25) is 5.91 Å². The Hall–Kier alpha value is -3.82. The van der Waals surface area contributed by atoms with Crippen molar-refractivity contribution in [1.29, 1.82) is 0 Å². The van der Waals surface area contributed by atoms with Crippen molar-refractivity contribution < 1.29 is 19.4 Å². The van der Waals surface area contributed by atoms with E-state index in [9.17, 15) is 9.90 Å². The Bertz CT molecular complexity index is 1350. The van der Waals surface area contributed by atoms with Crippen molar-refractivity contribution >= 4 is 16.8 Å². The molecule has 1 aliphatic heterocycles. The van der Waals surface area contributed by atoms with E-state index >= 15 is 0 Å². The highest BCUT2D eigenvalue weighted by molar-refractivity contribution is 5.86. The maximum absolute atomic E-state index is 11.9. The Labute approximate surface area is 202 Å². The van der Waals surface area contributed by atoms with E-state index in [0.29, 0.717) is 36.0 Å². The highest BCUT2D eigenvalue weighted by Crippen LogP contribution is 2.36. The predicted molar refractivity (Wildman–Crippen MR) is 130 cm³/mol. The number of methoxy groups -OCH3 is 1. The summed E-state index contributed by atoms with van der Waals surface area (Å²) < 4.78 is 11.6. The van der Waals surface area contributed by atoms with Crippen LogP contribution in [-0.2, 0) is 22.7 Å². The summed E-state index contributed by atoms with van der Waals surface area (Å²) in [6.07, 6.45) is 4.04. The van der Waals surface area contributed by atoms with E-state index in [1.54, 1.807) is 26.4 Å². The average Bonchev–Trinajstić information content (AvgIpc) is 3.53. The zero-order valence-electron chi connectivity index (χ0n) is 19.7. The summed E-state index contributed by atoms with van der Waals surface area (Å²) in [5, 5.41) is 10.2. The van der Waals surface area contributed by atoms with Crippen molar-refractivity contribution in [2.45, 2.75) is 32.5 Å². The van der Waals surface area contributed by atoms with Gasteiger partial charge in [0.1, 0.15) is 17.2 Å². The molecule has 1 atom stereocenters. The first-order valence-corrected chi connectivity index (χ1v) is 11.5. The first-order chi connectivity index (χ1) is 17.0. The van der Waals surface area contributed by atoms with Gasteiger partial charge in [-0.3, -0.25) is 19.7 Å². The number of ether oxygens (including phenoxy) is 2. The third-order valence-corrected chi connectivity index (χ3v) is 6.22. The van der Waals surface area contributed by atoms with Gasteiger partial charge in [0, 0.05) is 43.9 Å². The van der Waals surface area contributed by atoms with Gasteiger partial charge in [0.25, 0.3) is 0 Å². The Morgan fingerprint density at radius 1 is 1.17 bits per heavy atom. The molecule has 1 aromatic carbocycles. The van der Waals surface area contributed by atoms with Crippen LogP contribution in [-0.4, -0.2) is 56.0 Å². The molecule has 1 unspecified atom stereocenters. The number of rotatable bonds is 7. The highest BCUT2D eigenvalue weighted by Gasteiger charge is 2.29. The van der Waals surface area contributed by atoms with E-state index < -0.39 is 0 Å². The van der Waals surface area contributed by atoms with Crippen molar-refractivity contribution in [2.24, 2.45) is 0 Å². The molecule has 1 aliphatic rings. The van der Waals surface area contributed by atoms with Gasteiger partial charge in [-0.25, -0.2) is 0 Å². The fourth-order valence-electron chi connectivity index (χ4n) is 4.40. The molecule has 0 aliphatic carbocycles. The largest absolute Gasteiger partial charge is 0.455 e. The summed E-state index contributed by atoms with van der Waals surface area (Å²) in [6, 6.07) is 11.7. The second-order valence-electron chi connectivity index (χ2n) is 8.65. The monoisotopic (exact) mass is 473 g/mol. The standard InChI is InChI=1S/C26H27N5O4/c1-16(33)31-8-7-17(13-31)26-25(6-3-19(29-26)15-34-2)35-21-4-5-22-18(9-21)10-23(30-22)24-12-27-20(14-32)11-28-24/h3-6,9-12,17,30,32H,7-8,13-15H2,1-2H3. The van der Waals surface area contributed by atoms with Crippen LogP contribution in [0.4, 0.5) is 0 Å². The van der Waals surface area contributed by atoms with Crippen molar-refractivity contribution in [2.75, 3.05) is 20.2 Å². The Morgan fingerprint density at radius 3 is 2.77 bits per heavy atom. The summed E-state index contributed by atoms with van der Waals surface area (Å²) >= 11 is 0. The molecule has 3 aromatic heterocycles. The van der Waals surface area contributed by atoms with Gasteiger partial charge >= 0.3 is 0 Å². The third-order valence-electron chi connectivity index (χ3n) is 6.22. The number of pyridine rings is 1. The van der Waals surface area contributed by atoms with Crippen LogP contribution >= 0.6 is 0 Å². The van der Waals surface area contributed by atoms with Crippen LogP contribution in [0.5, 0.6) is 11.5 Å². The van der Waals surface area contributed by atoms with Crippen LogP contribution in [0.3, 0.4) is 0 Å². The van der Waals surface area contributed by atoms with Crippen molar-refractivity contribution in [1.82, 2.24) is 24.8 Å². The van der Waals surface area contributed by atoms with E-state index in [4.69, 9.17) is 14.5 Å². The van der Waals surface area contributed by atoms with Gasteiger partial charge in [-0.1, -0.05) is 0 Å². The fraction of sp³-hybridized carbons (Fsp3) is 0.308. The van der Waals surface area contributed by atoms with Gasteiger partial charge in [-0.2, -0.15) is 0 Å². The molecule has 5 rings (SSSR count). The minimum atomic E-state index is -0.141. The normalized spacial score (nSPS) is 15.6. The molecule has 1 amide bonds. The zero-order valence-corrected chi connectivity index (χ0v) is 19.7. The molecule has 9 nitrogen and oxygen atoms in total. The number of fused-ring (bicyclic) bond motifs is 1. The maximum Gasteiger partial charge on any atom is 0.219 e. The Morgan fingerprint density at radius 2 is 2.06 bits per heavy atom. The molecule has 9 heteroatoms.